The van der Waals surface area contributed by atoms with Crippen LogP contribution in [0.2, 0.25) is 0 Å². The van der Waals surface area contributed by atoms with Gasteiger partial charge in [-0.3, -0.25) is 0 Å². The van der Waals surface area contributed by atoms with E-state index in [9.17, 15) is 4.39 Å². The van der Waals surface area contributed by atoms with Gasteiger partial charge in [0.05, 0.1) is 6.61 Å². The Bertz CT molecular complexity index is 894. The molecule has 32 heavy (non-hydrogen) atoms. The van der Waals surface area contributed by atoms with Crippen molar-refractivity contribution < 1.29 is 18.6 Å². The lowest BCUT2D eigenvalue weighted by molar-refractivity contribution is -0.168. The number of hydrogen-bond donors (Lipinski definition) is 1. The van der Waals surface area contributed by atoms with E-state index in [4.69, 9.17) is 14.2 Å². The Hall–Kier alpha value is -2.11. The molecule has 2 atom stereocenters. The molecule has 1 aliphatic heterocycles. The van der Waals surface area contributed by atoms with Crippen molar-refractivity contribution in [2.45, 2.75) is 76.8 Å². The lowest BCUT2D eigenvalue weighted by Crippen LogP contribution is -2.51. The third-order valence-corrected chi connectivity index (χ3v) is 6.80. The summed E-state index contributed by atoms with van der Waals surface area (Å²) < 4.78 is 33.0. The van der Waals surface area contributed by atoms with Gasteiger partial charge >= 0.3 is 0 Å². The van der Waals surface area contributed by atoms with Crippen LogP contribution < -0.4 is 10.1 Å². The average molecular weight is 442 g/mol. The van der Waals surface area contributed by atoms with Gasteiger partial charge in [0.25, 0.3) is 0 Å². The van der Waals surface area contributed by atoms with Crippen LogP contribution in [0.4, 0.5) is 10.1 Å². The maximum atomic E-state index is 13.7. The molecule has 2 aromatic carbocycles. The van der Waals surface area contributed by atoms with Crippen LogP contribution in [0.5, 0.6) is 5.75 Å². The highest BCUT2D eigenvalue weighted by molar-refractivity contribution is 5.53. The van der Waals surface area contributed by atoms with Crippen LogP contribution in [0.1, 0.15) is 69.6 Å². The summed E-state index contributed by atoms with van der Waals surface area (Å²) in [5.41, 5.74) is 2.23. The summed E-state index contributed by atoms with van der Waals surface area (Å²) in [6, 6.07) is 12.7. The van der Waals surface area contributed by atoms with Crippen molar-refractivity contribution in [2.24, 2.45) is 5.92 Å². The fourth-order valence-corrected chi connectivity index (χ4v) is 5.00. The summed E-state index contributed by atoms with van der Waals surface area (Å²) in [6.07, 6.45) is 7.16. The highest BCUT2D eigenvalue weighted by atomic mass is 19.1. The fourth-order valence-electron chi connectivity index (χ4n) is 5.00. The molecule has 1 saturated carbocycles. The first-order chi connectivity index (χ1) is 15.5. The van der Waals surface area contributed by atoms with E-state index in [0.29, 0.717) is 13.2 Å². The third kappa shape index (κ3) is 5.44. The maximum Gasteiger partial charge on any atom is 0.132 e. The summed E-state index contributed by atoms with van der Waals surface area (Å²) in [7, 11) is 1.91. The van der Waals surface area contributed by atoms with Crippen molar-refractivity contribution in [3.8, 4) is 5.75 Å². The van der Waals surface area contributed by atoms with Crippen molar-refractivity contribution in [2.75, 3.05) is 19.0 Å². The monoisotopic (exact) mass is 441 g/mol. The number of halogens is 1. The Morgan fingerprint density at radius 1 is 1.06 bits per heavy atom. The summed E-state index contributed by atoms with van der Waals surface area (Å²) in [6.45, 7) is 5.08. The number of anilines is 1. The molecule has 2 aliphatic rings. The van der Waals surface area contributed by atoms with Crippen LogP contribution in [0.3, 0.4) is 0 Å². The summed E-state index contributed by atoms with van der Waals surface area (Å²) in [5, 5.41) is 3.21. The first-order valence-corrected chi connectivity index (χ1v) is 11.9. The van der Waals surface area contributed by atoms with Gasteiger partial charge in [-0.25, -0.2) is 4.39 Å². The maximum absolute atomic E-state index is 13.7. The normalized spacial score (nSPS) is 22.8. The molecule has 0 saturated heterocycles. The predicted molar refractivity (Wildman–Crippen MR) is 126 cm³/mol. The molecule has 2 aromatic rings. The molecule has 1 aliphatic carbocycles. The molecule has 0 aromatic heterocycles. The van der Waals surface area contributed by atoms with E-state index in [2.05, 4.69) is 11.4 Å². The minimum absolute atomic E-state index is 0.251. The molecule has 4 rings (SSSR count). The second kappa shape index (κ2) is 10.2. The van der Waals surface area contributed by atoms with Crippen molar-refractivity contribution in [3.63, 3.8) is 0 Å². The summed E-state index contributed by atoms with van der Waals surface area (Å²) in [4.78, 5) is 0. The Kier molecular flexibility index (Phi) is 7.37. The van der Waals surface area contributed by atoms with Gasteiger partial charge in [-0.2, -0.15) is 0 Å². The number of nitrogens with one attached hydrogen (secondary N) is 1. The molecule has 0 spiro atoms. The van der Waals surface area contributed by atoms with Gasteiger partial charge in [-0.15, -0.1) is 0 Å². The minimum Gasteiger partial charge on any atom is -0.485 e. The van der Waals surface area contributed by atoms with Crippen molar-refractivity contribution in [1.29, 1.82) is 0 Å². The standard InChI is InChI=1S/C27H36FNO3/c1-27(2)26(31-18-20-10-7-11-21(28)16-20)25(30-15-14-19-8-5-4-6-9-19)23-17-22(29-3)12-13-24(23)32-27/h7,10-13,16-17,19,25-26,29H,4-6,8-9,14-15,18H2,1-3H3. The Labute approximate surface area is 191 Å². The van der Waals surface area contributed by atoms with Crippen LogP contribution in [0.15, 0.2) is 42.5 Å². The lowest BCUT2D eigenvalue weighted by atomic mass is 9.86. The van der Waals surface area contributed by atoms with Gasteiger partial charge in [-0.05, 0) is 62.1 Å². The molecular formula is C27H36FNO3. The van der Waals surface area contributed by atoms with Gasteiger partial charge < -0.3 is 19.5 Å². The van der Waals surface area contributed by atoms with E-state index >= 15 is 0 Å². The Morgan fingerprint density at radius 2 is 1.88 bits per heavy atom. The quantitative estimate of drug-likeness (QED) is 0.498. The van der Waals surface area contributed by atoms with E-state index in [1.807, 2.05) is 39.1 Å². The van der Waals surface area contributed by atoms with Gasteiger partial charge in [-0.1, -0.05) is 44.2 Å². The predicted octanol–water partition coefficient (Wildman–Crippen LogP) is 6.65. The zero-order valence-corrected chi connectivity index (χ0v) is 19.5. The zero-order chi connectivity index (χ0) is 22.6. The number of ether oxygens (including phenoxy) is 3. The van der Waals surface area contributed by atoms with E-state index in [0.717, 1.165) is 34.9 Å². The van der Waals surface area contributed by atoms with Crippen LogP contribution in [-0.2, 0) is 16.1 Å². The van der Waals surface area contributed by atoms with Gasteiger partial charge in [0.1, 0.15) is 29.4 Å². The molecule has 174 valence electrons. The average Bonchev–Trinajstić information content (AvgIpc) is 2.78. The van der Waals surface area contributed by atoms with E-state index in [-0.39, 0.29) is 18.0 Å². The van der Waals surface area contributed by atoms with E-state index < -0.39 is 5.60 Å². The minimum atomic E-state index is -0.586. The zero-order valence-electron chi connectivity index (χ0n) is 19.5. The van der Waals surface area contributed by atoms with Crippen LogP contribution in [0.25, 0.3) is 0 Å². The molecular weight excluding hydrogens is 405 g/mol. The van der Waals surface area contributed by atoms with E-state index in [1.54, 1.807) is 6.07 Å². The lowest BCUT2D eigenvalue weighted by Gasteiger charge is -2.44. The second-order valence-corrected chi connectivity index (χ2v) is 9.65. The smallest absolute Gasteiger partial charge is 0.132 e. The molecule has 2 unspecified atom stereocenters. The highest BCUT2D eigenvalue weighted by Crippen LogP contribution is 2.45. The summed E-state index contributed by atoms with van der Waals surface area (Å²) >= 11 is 0. The fraction of sp³-hybridized carbons (Fsp3) is 0.556. The molecule has 5 heteroatoms. The van der Waals surface area contributed by atoms with Crippen LogP contribution >= 0.6 is 0 Å². The first-order valence-electron chi connectivity index (χ1n) is 11.9. The SMILES string of the molecule is CNc1ccc2c(c1)C(OCCC1CCCCC1)C(OCc1cccc(F)c1)C(C)(C)O2. The Morgan fingerprint density at radius 3 is 2.62 bits per heavy atom. The molecule has 0 bridgehead atoms. The molecule has 1 N–H and O–H groups in total. The van der Waals surface area contributed by atoms with E-state index in [1.165, 1.54) is 44.2 Å². The van der Waals surface area contributed by atoms with Gasteiger partial charge in [0.15, 0.2) is 0 Å². The third-order valence-electron chi connectivity index (χ3n) is 6.80. The molecule has 1 fully saturated rings. The number of benzene rings is 2. The molecule has 0 amide bonds. The molecule has 0 radical (unpaired) electrons. The topological polar surface area (TPSA) is 39.7 Å². The largest absolute Gasteiger partial charge is 0.485 e. The van der Waals surface area contributed by atoms with Crippen molar-refractivity contribution in [3.05, 3.63) is 59.4 Å². The van der Waals surface area contributed by atoms with Crippen LogP contribution in [-0.4, -0.2) is 25.4 Å². The number of rotatable bonds is 8. The highest BCUT2D eigenvalue weighted by Gasteiger charge is 2.45. The van der Waals surface area contributed by atoms with Crippen LogP contribution in [0, 0.1) is 11.7 Å². The summed E-state index contributed by atoms with van der Waals surface area (Å²) in [5.74, 6) is 1.34. The number of fused-ring (bicyclic) bond motifs is 1. The van der Waals surface area contributed by atoms with Crippen molar-refractivity contribution >= 4 is 5.69 Å². The van der Waals surface area contributed by atoms with Gasteiger partial charge in [0.2, 0.25) is 0 Å². The second-order valence-electron chi connectivity index (χ2n) is 9.65. The molecule has 4 nitrogen and oxygen atoms in total. The molecule has 1 heterocycles. The van der Waals surface area contributed by atoms with Gasteiger partial charge in [0, 0.05) is 24.9 Å². The van der Waals surface area contributed by atoms with Crippen molar-refractivity contribution in [1.82, 2.24) is 0 Å². The first kappa shape index (κ1) is 23.1. The Balaban J connectivity index is 1.54. The number of hydrogen-bond acceptors (Lipinski definition) is 4.